The van der Waals surface area contributed by atoms with Crippen molar-refractivity contribution < 1.29 is 0 Å². The van der Waals surface area contributed by atoms with E-state index in [1.54, 1.807) is 0 Å². The topological polar surface area (TPSA) is 0 Å². The van der Waals surface area contributed by atoms with Crippen molar-refractivity contribution in [1.29, 1.82) is 0 Å². The van der Waals surface area contributed by atoms with Gasteiger partial charge in [-0.2, -0.15) is 0 Å². The van der Waals surface area contributed by atoms with E-state index in [2.05, 4.69) is 45.0 Å². The van der Waals surface area contributed by atoms with E-state index in [1.165, 1.54) is 22.3 Å². The molecule has 0 heterocycles. The molecule has 76 valence electrons. The van der Waals surface area contributed by atoms with Gasteiger partial charge in [0.25, 0.3) is 0 Å². The van der Waals surface area contributed by atoms with Crippen molar-refractivity contribution in [3.8, 4) is 0 Å². The van der Waals surface area contributed by atoms with Gasteiger partial charge in [-0.05, 0) is 43.9 Å². The quantitative estimate of drug-likeness (QED) is 0.649. The van der Waals surface area contributed by atoms with Gasteiger partial charge in [0.1, 0.15) is 0 Å². The zero-order valence-electron chi connectivity index (χ0n) is 9.10. The molecule has 1 rings (SSSR count). The summed E-state index contributed by atoms with van der Waals surface area (Å²) in [5, 5.41) is 0. The lowest BCUT2D eigenvalue weighted by Gasteiger charge is -2.07. The van der Waals surface area contributed by atoms with E-state index < -0.39 is 0 Å². The standard InChI is InChI=1S/C13H17Cl/c1-10-6-7-13(12(3)9-10)11(2)5-4-8-14/h5-7,9H,4,8H2,1-3H3/b11-5+. The molecule has 0 aliphatic heterocycles. The Morgan fingerprint density at radius 1 is 1.36 bits per heavy atom. The summed E-state index contributed by atoms with van der Waals surface area (Å²) >= 11 is 5.65. The van der Waals surface area contributed by atoms with Crippen LogP contribution < -0.4 is 0 Å². The second kappa shape index (κ2) is 5.21. The Morgan fingerprint density at radius 3 is 2.64 bits per heavy atom. The number of hydrogen-bond donors (Lipinski definition) is 0. The highest BCUT2D eigenvalue weighted by atomic mass is 35.5. The third kappa shape index (κ3) is 2.88. The maximum absolute atomic E-state index is 5.65. The van der Waals surface area contributed by atoms with E-state index >= 15 is 0 Å². The summed E-state index contributed by atoms with van der Waals surface area (Å²) in [6.07, 6.45) is 3.14. The van der Waals surface area contributed by atoms with Crippen LogP contribution in [-0.4, -0.2) is 5.88 Å². The molecular formula is C13H17Cl. The monoisotopic (exact) mass is 208 g/mol. The van der Waals surface area contributed by atoms with Crippen molar-refractivity contribution in [2.24, 2.45) is 0 Å². The Hall–Kier alpha value is -0.750. The molecular weight excluding hydrogens is 192 g/mol. The van der Waals surface area contributed by atoms with Gasteiger partial charge in [-0.25, -0.2) is 0 Å². The highest BCUT2D eigenvalue weighted by Crippen LogP contribution is 2.19. The van der Waals surface area contributed by atoms with Crippen LogP contribution in [0.1, 0.15) is 30.0 Å². The first kappa shape index (κ1) is 11.3. The number of aryl methyl sites for hydroxylation is 2. The number of halogens is 1. The molecule has 0 aliphatic carbocycles. The lowest BCUT2D eigenvalue weighted by Crippen LogP contribution is -1.87. The molecule has 0 amide bonds. The fourth-order valence-electron chi connectivity index (χ4n) is 1.64. The number of hydrogen-bond acceptors (Lipinski definition) is 0. The van der Waals surface area contributed by atoms with Gasteiger partial charge in [0.2, 0.25) is 0 Å². The van der Waals surface area contributed by atoms with Gasteiger partial charge in [-0.15, -0.1) is 11.6 Å². The van der Waals surface area contributed by atoms with Crippen LogP contribution in [0.5, 0.6) is 0 Å². The average Bonchev–Trinajstić information content (AvgIpc) is 2.14. The minimum atomic E-state index is 0.697. The number of rotatable bonds is 3. The highest BCUT2D eigenvalue weighted by Gasteiger charge is 1.99. The third-order valence-electron chi connectivity index (χ3n) is 2.37. The van der Waals surface area contributed by atoms with Gasteiger partial charge in [0.15, 0.2) is 0 Å². The molecule has 0 radical (unpaired) electrons. The van der Waals surface area contributed by atoms with Gasteiger partial charge >= 0.3 is 0 Å². The van der Waals surface area contributed by atoms with Crippen LogP contribution >= 0.6 is 11.6 Å². The van der Waals surface area contributed by atoms with E-state index in [4.69, 9.17) is 11.6 Å². The second-order valence-corrected chi connectivity index (χ2v) is 4.06. The van der Waals surface area contributed by atoms with Crippen molar-refractivity contribution in [3.63, 3.8) is 0 Å². The molecule has 1 aromatic carbocycles. The molecule has 0 saturated heterocycles. The summed E-state index contributed by atoms with van der Waals surface area (Å²) in [4.78, 5) is 0. The molecule has 0 aromatic heterocycles. The van der Waals surface area contributed by atoms with Gasteiger partial charge in [-0.1, -0.05) is 29.8 Å². The molecule has 0 fully saturated rings. The number of benzene rings is 1. The number of allylic oxidation sites excluding steroid dienone is 2. The first-order valence-electron chi connectivity index (χ1n) is 4.95. The first-order chi connectivity index (χ1) is 6.65. The van der Waals surface area contributed by atoms with Crippen molar-refractivity contribution in [1.82, 2.24) is 0 Å². The van der Waals surface area contributed by atoms with Crippen LogP contribution in [0.3, 0.4) is 0 Å². The lowest BCUT2D eigenvalue weighted by molar-refractivity contribution is 1.23. The van der Waals surface area contributed by atoms with Crippen LogP contribution in [0.15, 0.2) is 24.3 Å². The Balaban J connectivity index is 2.95. The Bertz CT molecular complexity index is 337. The van der Waals surface area contributed by atoms with Gasteiger partial charge in [-0.3, -0.25) is 0 Å². The summed E-state index contributed by atoms with van der Waals surface area (Å²) < 4.78 is 0. The minimum Gasteiger partial charge on any atom is -0.126 e. The fourth-order valence-corrected chi connectivity index (χ4v) is 1.75. The maximum atomic E-state index is 5.65. The Labute approximate surface area is 91.6 Å². The van der Waals surface area contributed by atoms with Crippen molar-refractivity contribution >= 4 is 17.2 Å². The molecule has 0 saturated carbocycles. The van der Waals surface area contributed by atoms with Gasteiger partial charge in [0, 0.05) is 5.88 Å². The Morgan fingerprint density at radius 2 is 2.07 bits per heavy atom. The molecule has 1 heteroatoms. The van der Waals surface area contributed by atoms with Crippen LogP contribution in [0, 0.1) is 13.8 Å². The summed E-state index contributed by atoms with van der Waals surface area (Å²) in [7, 11) is 0. The molecule has 0 N–H and O–H groups in total. The maximum Gasteiger partial charge on any atom is 0.0258 e. The van der Waals surface area contributed by atoms with E-state index in [-0.39, 0.29) is 0 Å². The first-order valence-corrected chi connectivity index (χ1v) is 5.49. The normalized spacial score (nSPS) is 11.9. The predicted octanol–water partition coefficient (Wildman–Crippen LogP) is 4.34. The summed E-state index contributed by atoms with van der Waals surface area (Å²) in [5.41, 5.74) is 5.31. The average molecular weight is 209 g/mol. The molecule has 0 nitrogen and oxygen atoms in total. The summed E-state index contributed by atoms with van der Waals surface area (Å²) in [6.45, 7) is 6.42. The molecule has 0 atom stereocenters. The lowest BCUT2D eigenvalue weighted by atomic mass is 9.99. The summed E-state index contributed by atoms with van der Waals surface area (Å²) in [6, 6.07) is 6.55. The van der Waals surface area contributed by atoms with Gasteiger partial charge in [0.05, 0.1) is 0 Å². The second-order valence-electron chi connectivity index (χ2n) is 3.68. The predicted molar refractivity (Wildman–Crippen MR) is 64.9 cm³/mol. The van der Waals surface area contributed by atoms with E-state index in [9.17, 15) is 0 Å². The van der Waals surface area contributed by atoms with Crippen molar-refractivity contribution in [3.05, 3.63) is 41.0 Å². The zero-order chi connectivity index (χ0) is 10.6. The molecule has 1 aromatic rings. The number of alkyl halides is 1. The molecule has 14 heavy (non-hydrogen) atoms. The highest BCUT2D eigenvalue weighted by molar-refractivity contribution is 6.17. The molecule has 0 bridgehead atoms. The largest absolute Gasteiger partial charge is 0.126 e. The smallest absolute Gasteiger partial charge is 0.0258 e. The zero-order valence-corrected chi connectivity index (χ0v) is 9.86. The van der Waals surface area contributed by atoms with E-state index in [0.29, 0.717) is 5.88 Å². The van der Waals surface area contributed by atoms with Crippen LogP contribution in [0.25, 0.3) is 5.57 Å². The molecule has 0 unspecified atom stereocenters. The van der Waals surface area contributed by atoms with Crippen molar-refractivity contribution in [2.45, 2.75) is 27.2 Å². The Kier molecular flexibility index (Phi) is 4.21. The van der Waals surface area contributed by atoms with Crippen LogP contribution in [0.2, 0.25) is 0 Å². The van der Waals surface area contributed by atoms with Crippen molar-refractivity contribution in [2.75, 3.05) is 5.88 Å². The molecule has 0 spiro atoms. The van der Waals surface area contributed by atoms with E-state index in [1.807, 2.05) is 0 Å². The van der Waals surface area contributed by atoms with E-state index in [0.717, 1.165) is 6.42 Å². The summed E-state index contributed by atoms with van der Waals surface area (Å²) in [5.74, 6) is 0.697. The van der Waals surface area contributed by atoms with Crippen LogP contribution in [-0.2, 0) is 0 Å². The fraction of sp³-hybridized carbons (Fsp3) is 0.385. The van der Waals surface area contributed by atoms with Gasteiger partial charge < -0.3 is 0 Å². The SMILES string of the molecule is C/C(=C\CCCl)c1ccc(C)cc1C. The molecule has 0 aliphatic rings. The van der Waals surface area contributed by atoms with Crippen LogP contribution in [0.4, 0.5) is 0 Å². The minimum absolute atomic E-state index is 0.697. The third-order valence-corrected chi connectivity index (χ3v) is 2.58.